The van der Waals surface area contributed by atoms with Crippen molar-refractivity contribution in [1.82, 2.24) is 14.9 Å². The molecule has 0 saturated carbocycles. The molecule has 2 heterocycles. The Morgan fingerprint density at radius 3 is 2.85 bits per heavy atom. The van der Waals surface area contributed by atoms with E-state index in [2.05, 4.69) is 23.8 Å². The topological polar surface area (TPSA) is 66.1 Å². The number of nitrogens with one attached hydrogen (secondary N) is 1. The maximum Gasteiger partial charge on any atom is 0.345 e. The monoisotopic (exact) mass is 371 g/mol. The van der Waals surface area contributed by atoms with Crippen LogP contribution >= 0.6 is 0 Å². The fourth-order valence-electron chi connectivity index (χ4n) is 3.73. The first-order chi connectivity index (χ1) is 12.9. The molecule has 27 heavy (non-hydrogen) atoms. The quantitative estimate of drug-likeness (QED) is 0.887. The van der Waals surface area contributed by atoms with E-state index in [4.69, 9.17) is 0 Å². The van der Waals surface area contributed by atoms with Gasteiger partial charge in [-0.15, -0.1) is 0 Å². The van der Waals surface area contributed by atoms with Crippen LogP contribution in [0, 0.1) is 11.7 Å². The Kier molecular flexibility index (Phi) is 6.04. The molecule has 1 N–H and O–H groups in total. The highest BCUT2D eigenvalue weighted by molar-refractivity contribution is 5.92. The number of hydrogen-bond acceptors (Lipinski definition) is 3. The summed E-state index contributed by atoms with van der Waals surface area (Å²) in [5.74, 6) is -0.218. The van der Waals surface area contributed by atoms with Gasteiger partial charge in [0, 0.05) is 12.2 Å². The second-order valence-electron chi connectivity index (χ2n) is 7.61. The molecule has 6 heteroatoms. The lowest BCUT2D eigenvalue weighted by atomic mass is 10.00. The third-order valence-corrected chi connectivity index (χ3v) is 4.89. The number of carbonyl (C=O) groups excluding carboxylic acids is 1. The molecule has 1 atom stereocenters. The third-order valence-electron chi connectivity index (χ3n) is 4.89. The lowest BCUT2D eigenvalue weighted by Gasteiger charge is -2.30. The van der Waals surface area contributed by atoms with Gasteiger partial charge in [0.15, 0.2) is 0 Å². The molecule has 144 valence electrons. The van der Waals surface area contributed by atoms with Crippen molar-refractivity contribution in [2.24, 2.45) is 5.92 Å². The van der Waals surface area contributed by atoms with Crippen LogP contribution in [0.25, 0.3) is 0 Å². The standard InChI is InChI=1S/C21H26FN3O2/c1-14(2)11-17-13-18(24-21(27)23-17)20(26)25-10-5-3-4-9-19(25)15-7-6-8-16(22)12-15/h6-8,12-14,19H,3-5,9-11H2,1-2H3,(H,23,24,27)/t19-/m1/s1. The van der Waals surface area contributed by atoms with Gasteiger partial charge in [-0.25, -0.2) is 9.18 Å². The predicted octanol–water partition coefficient (Wildman–Crippen LogP) is 3.87. The van der Waals surface area contributed by atoms with Gasteiger partial charge in [0.2, 0.25) is 0 Å². The molecule has 1 aromatic carbocycles. The molecule has 1 saturated heterocycles. The fraction of sp³-hybridized carbons (Fsp3) is 0.476. The summed E-state index contributed by atoms with van der Waals surface area (Å²) >= 11 is 0. The fourth-order valence-corrected chi connectivity index (χ4v) is 3.73. The molecule has 1 aliphatic heterocycles. The van der Waals surface area contributed by atoms with Gasteiger partial charge in [-0.05, 0) is 48.9 Å². The SMILES string of the molecule is CC(C)Cc1cc(C(=O)N2CCCCC[C@@H]2c2cccc(F)c2)nc(=O)[nH]1. The molecule has 2 aromatic rings. The van der Waals surface area contributed by atoms with E-state index in [1.807, 2.05) is 6.07 Å². The van der Waals surface area contributed by atoms with Crippen LogP contribution in [0.4, 0.5) is 4.39 Å². The summed E-state index contributed by atoms with van der Waals surface area (Å²) < 4.78 is 13.7. The molecule has 1 amide bonds. The summed E-state index contributed by atoms with van der Waals surface area (Å²) in [5, 5.41) is 0. The van der Waals surface area contributed by atoms with E-state index in [-0.39, 0.29) is 23.5 Å². The van der Waals surface area contributed by atoms with Gasteiger partial charge in [-0.3, -0.25) is 4.79 Å². The van der Waals surface area contributed by atoms with Gasteiger partial charge >= 0.3 is 5.69 Å². The minimum Gasteiger partial charge on any atom is -0.330 e. The highest BCUT2D eigenvalue weighted by Gasteiger charge is 2.29. The minimum absolute atomic E-state index is 0.165. The second-order valence-corrected chi connectivity index (χ2v) is 7.61. The Morgan fingerprint density at radius 2 is 2.11 bits per heavy atom. The molecule has 1 aliphatic rings. The number of hydrogen-bond donors (Lipinski definition) is 1. The minimum atomic E-state index is -0.506. The van der Waals surface area contributed by atoms with Crippen molar-refractivity contribution in [3.05, 3.63) is 63.6 Å². The van der Waals surface area contributed by atoms with Gasteiger partial charge in [0.25, 0.3) is 5.91 Å². The van der Waals surface area contributed by atoms with Gasteiger partial charge < -0.3 is 9.88 Å². The first-order valence-corrected chi connectivity index (χ1v) is 9.60. The Morgan fingerprint density at radius 1 is 1.30 bits per heavy atom. The molecule has 5 nitrogen and oxygen atoms in total. The average molecular weight is 371 g/mol. The van der Waals surface area contributed by atoms with E-state index in [1.165, 1.54) is 12.1 Å². The molecular formula is C21H26FN3O2. The van der Waals surface area contributed by atoms with Gasteiger partial charge in [0.1, 0.15) is 11.5 Å². The Labute approximate surface area is 158 Å². The molecule has 1 fully saturated rings. The number of carbonyl (C=O) groups is 1. The number of likely N-dealkylation sites (tertiary alicyclic amines) is 1. The number of amides is 1. The Balaban J connectivity index is 1.95. The molecule has 0 bridgehead atoms. The molecule has 0 radical (unpaired) electrons. The Bertz CT molecular complexity index is 863. The van der Waals surface area contributed by atoms with Crippen molar-refractivity contribution in [1.29, 1.82) is 0 Å². The van der Waals surface area contributed by atoms with Crippen LogP contribution in [0.3, 0.4) is 0 Å². The molecule has 1 aromatic heterocycles. The summed E-state index contributed by atoms with van der Waals surface area (Å²) in [6.07, 6.45) is 4.34. The van der Waals surface area contributed by atoms with Gasteiger partial charge in [-0.2, -0.15) is 4.98 Å². The van der Waals surface area contributed by atoms with Crippen LogP contribution in [0.1, 0.15) is 67.3 Å². The number of H-pyrrole nitrogens is 1. The van der Waals surface area contributed by atoms with E-state index >= 15 is 0 Å². The first-order valence-electron chi connectivity index (χ1n) is 9.60. The lowest BCUT2D eigenvalue weighted by Crippen LogP contribution is -2.36. The zero-order chi connectivity index (χ0) is 19.4. The summed E-state index contributed by atoms with van der Waals surface area (Å²) in [6, 6.07) is 7.90. The van der Waals surface area contributed by atoms with Gasteiger partial charge in [-0.1, -0.05) is 38.8 Å². The number of rotatable bonds is 4. The Hall–Kier alpha value is -2.50. The summed E-state index contributed by atoms with van der Waals surface area (Å²) in [4.78, 5) is 33.6. The maximum absolute atomic E-state index is 13.7. The van der Waals surface area contributed by atoms with E-state index in [9.17, 15) is 14.0 Å². The van der Waals surface area contributed by atoms with Crippen molar-refractivity contribution in [3.63, 3.8) is 0 Å². The average Bonchev–Trinajstić information content (AvgIpc) is 2.86. The second kappa shape index (κ2) is 8.46. The number of nitrogens with zero attached hydrogens (tertiary/aromatic N) is 2. The molecule has 0 unspecified atom stereocenters. The van der Waals surface area contributed by atoms with Crippen molar-refractivity contribution >= 4 is 5.91 Å². The van der Waals surface area contributed by atoms with Crippen LogP contribution < -0.4 is 5.69 Å². The summed E-state index contributed by atoms with van der Waals surface area (Å²) in [6.45, 7) is 4.68. The van der Waals surface area contributed by atoms with Crippen molar-refractivity contribution in [2.45, 2.75) is 52.0 Å². The first kappa shape index (κ1) is 19.3. The zero-order valence-corrected chi connectivity index (χ0v) is 15.9. The summed E-state index contributed by atoms with van der Waals surface area (Å²) in [7, 11) is 0. The van der Waals surface area contributed by atoms with Crippen molar-refractivity contribution < 1.29 is 9.18 Å². The van der Waals surface area contributed by atoms with Crippen LogP contribution in [0.5, 0.6) is 0 Å². The predicted molar refractivity (Wildman–Crippen MR) is 102 cm³/mol. The summed E-state index contributed by atoms with van der Waals surface area (Å²) in [5.41, 5.74) is 1.16. The number of aromatic nitrogens is 2. The van der Waals surface area contributed by atoms with E-state index < -0.39 is 5.69 Å². The third kappa shape index (κ3) is 4.81. The van der Waals surface area contributed by atoms with Crippen LogP contribution in [-0.2, 0) is 6.42 Å². The largest absolute Gasteiger partial charge is 0.345 e. The van der Waals surface area contributed by atoms with E-state index in [1.54, 1.807) is 17.0 Å². The van der Waals surface area contributed by atoms with E-state index in [0.29, 0.717) is 24.6 Å². The van der Waals surface area contributed by atoms with Gasteiger partial charge in [0.05, 0.1) is 6.04 Å². The molecular weight excluding hydrogens is 345 g/mol. The van der Waals surface area contributed by atoms with Crippen LogP contribution in [0.15, 0.2) is 35.1 Å². The van der Waals surface area contributed by atoms with Crippen LogP contribution in [-0.4, -0.2) is 27.3 Å². The van der Waals surface area contributed by atoms with Crippen LogP contribution in [0.2, 0.25) is 0 Å². The smallest absolute Gasteiger partial charge is 0.330 e. The molecule has 3 rings (SSSR count). The maximum atomic E-state index is 13.7. The van der Waals surface area contributed by atoms with Crippen molar-refractivity contribution in [2.75, 3.05) is 6.54 Å². The number of halogens is 1. The number of aromatic amines is 1. The number of benzene rings is 1. The lowest BCUT2D eigenvalue weighted by molar-refractivity contribution is 0.0673. The molecule has 0 spiro atoms. The zero-order valence-electron chi connectivity index (χ0n) is 15.9. The highest BCUT2D eigenvalue weighted by Crippen LogP contribution is 2.31. The van der Waals surface area contributed by atoms with Crippen molar-refractivity contribution in [3.8, 4) is 0 Å². The normalized spacial score (nSPS) is 17.8. The van der Waals surface area contributed by atoms with E-state index in [0.717, 1.165) is 31.2 Å². The molecule has 0 aliphatic carbocycles. The highest BCUT2D eigenvalue weighted by atomic mass is 19.1.